The van der Waals surface area contributed by atoms with Crippen LogP contribution in [0, 0.1) is 0 Å². The normalized spacial score (nSPS) is 10.7. The van der Waals surface area contributed by atoms with Crippen molar-refractivity contribution in [3.8, 4) is 11.8 Å². The molecule has 0 unspecified atom stereocenters. The first kappa shape index (κ1) is 12.7. The van der Waals surface area contributed by atoms with Gasteiger partial charge in [-0.1, -0.05) is 28.1 Å². The second-order valence-electron chi connectivity index (χ2n) is 4.00. The topological polar surface area (TPSA) is 72.6 Å². The Labute approximate surface area is 121 Å². The van der Waals surface area contributed by atoms with Crippen LogP contribution >= 0.6 is 15.9 Å². The minimum absolute atomic E-state index is 0.0102. The SMILES string of the molecule is O=C(O)c1cc(Br)ccc1Oc1nc2ccccc2o1. The van der Waals surface area contributed by atoms with Crippen LogP contribution in [0.15, 0.2) is 51.4 Å². The van der Waals surface area contributed by atoms with Crippen molar-refractivity contribution >= 4 is 33.0 Å². The molecule has 0 aliphatic rings. The lowest BCUT2D eigenvalue weighted by Crippen LogP contribution is -2.00. The zero-order valence-electron chi connectivity index (χ0n) is 10.0. The van der Waals surface area contributed by atoms with Gasteiger partial charge in [-0.2, -0.15) is 4.98 Å². The molecule has 0 aliphatic carbocycles. The van der Waals surface area contributed by atoms with E-state index < -0.39 is 5.97 Å². The maximum Gasteiger partial charge on any atom is 0.400 e. The van der Waals surface area contributed by atoms with Crippen LogP contribution in [0.3, 0.4) is 0 Å². The highest BCUT2D eigenvalue weighted by molar-refractivity contribution is 9.10. The highest BCUT2D eigenvalue weighted by atomic mass is 79.9. The minimum Gasteiger partial charge on any atom is -0.478 e. The van der Waals surface area contributed by atoms with Crippen molar-refractivity contribution in [3.63, 3.8) is 0 Å². The van der Waals surface area contributed by atoms with Crippen LogP contribution in [0.5, 0.6) is 11.8 Å². The van der Waals surface area contributed by atoms with Crippen LogP contribution in [0.2, 0.25) is 0 Å². The fourth-order valence-electron chi connectivity index (χ4n) is 1.75. The molecule has 0 saturated carbocycles. The van der Waals surface area contributed by atoms with Crippen LogP contribution in [0.1, 0.15) is 10.4 Å². The Balaban J connectivity index is 2.00. The maximum absolute atomic E-state index is 11.2. The fourth-order valence-corrected chi connectivity index (χ4v) is 2.11. The number of nitrogens with zero attached hydrogens (tertiary/aromatic N) is 1. The monoisotopic (exact) mass is 333 g/mol. The van der Waals surface area contributed by atoms with Gasteiger partial charge in [0.25, 0.3) is 0 Å². The summed E-state index contributed by atoms with van der Waals surface area (Å²) >= 11 is 3.22. The number of oxazole rings is 1. The van der Waals surface area contributed by atoms with E-state index in [0.717, 1.165) is 0 Å². The highest BCUT2D eigenvalue weighted by Gasteiger charge is 2.15. The lowest BCUT2D eigenvalue weighted by Gasteiger charge is -2.05. The molecule has 1 N–H and O–H groups in total. The molecule has 100 valence electrons. The van der Waals surface area contributed by atoms with Gasteiger partial charge in [-0.05, 0) is 30.3 Å². The average molecular weight is 334 g/mol. The standard InChI is InChI=1S/C14H8BrNO4/c15-8-5-6-11(9(7-8)13(17)18)19-14-16-10-3-1-2-4-12(10)20-14/h1-7H,(H,17,18). The van der Waals surface area contributed by atoms with Crippen LogP contribution in [0.25, 0.3) is 11.1 Å². The number of carbonyl (C=O) groups is 1. The van der Waals surface area contributed by atoms with Gasteiger partial charge in [0.15, 0.2) is 5.58 Å². The molecule has 2 aromatic carbocycles. The van der Waals surface area contributed by atoms with Crippen molar-refractivity contribution in [2.45, 2.75) is 0 Å². The number of rotatable bonds is 3. The van der Waals surface area contributed by atoms with Crippen LogP contribution < -0.4 is 4.74 Å². The Hall–Kier alpha value is -2.34. The zero-order chi connectivity index (χ0) is 14.1. The number of fused-ring (bicyclic) bond motifs is 1. The lowest BCUT2D eigenvalue weighted by atomic mass is 10.2. The van der Waals surface area contributed by atoms with E-state index in [1.165, 1.54) is 6.07 Å². The summed E-state index contributed by atoms with van der Waals surface area (Å²) in [6.07, 6.45) is 0.0102. The third-order valence-electron chi connectivity index (χ3n) is 2.64. The van der Waals surface area contributed by atoms with E-state index in [4.69, 9.17) is 14.3 Å². The van der Waals surface area contributed by atoms with Gasteiger partial charge in [-0.25, -0.2) is 4.79 Å². The molecule has 1 heterocycles. The summed E-state index contributed by atoms with van der Waals surface area (Å²) in [5, 5.41) is 9.16. The third kappa shape index (κ3) is 2.37. The van der Waals surface area contributed by atoms with E-state index in [0.29, 0.717) is 15.6 Å². The molecule has 0 amide bonds. The predicted molar refractivity (Wildman–Crippen MR) is 75.2 cm³/mol. The molecule has 0 saturated heterocycles. The van der Waals surface area contributed by atoms with E-state index >= 15 is 0 Å². The van der Waals surface area contributed by atoms with Gasteiger partial charge in [0.05, 0.1) is 0 Å². The third-order valence-corrected chi connectivity index (χ3v) is 3.14. The quantitative estimate of drug-likeness (QED) is 0.781. The number of aromatic carboxylic acids is 1. The Kier molecular flexibility index (Phi) is 3.15. The summed E-state index contributed by atoms with van der Waals surface area (Å²) in [4.78, 5) is 15.3. The molecular formula is C14H8BrNO4. The Bertz CT molecular complexity index is 764. The largest absolute Gasteiger partial charge is 0.478 e. The summed E-state index contributed by atoms with van der Waals surface area (Å²) in [5.74, 6) is -0.912. The Morgan fingerprint density at radius 1 is 1.25 bits per heavy atom. The molecule has 0 bridgehead atoms. The molecule has 0 radical (unpaired) electrons. The average Bonchev–Trinajstić information content (AvgIpc) is 2.82. The van der Waals surface area contributed by atoms with E-state index in [1.807, 2.05) is 12.1 Å². The number of carboxylic acids is 1. The smallest absolute Gasteiger partial charge is 0.400 e. The second kappa shape index (κ2) is 4.97. The molecule has 0 fully saturated rings. The molecule has 0 aliphatic heterocycles. The zero-order valence-corrected chi connectivity index (χ0v) is 11.6. The van der Waals surface area contributed by atoms with Gasteiger partial charge in [-0.15, -0.1) is 0 Å². The van der Waals surface area contributed by atoms with Gasteiger partial charge in [0.2, 0.25) is 0 Å². The summed E-state index contributed by atoms with van der Waals surface area (Å²) in [7, 11) is 0. The molecule has 20 heavy (non-hydrogen) atoms. The van der Waals surface area contributed by atoms with Gasteiger partial charge in [0, 0.05) is 4.47 Å². The second-order valence-corrected chi connectivity index (χ2v) is 4.91. The molecular weight excluding hydrogens is 326 g/mol. The molecule has 3 aromatic rings. The minimum atomic E-state index is -1.09. The Morgan fingerprint density at radius 3 is 2.80 bits per heavy atom. The van der Waals surface area contributed by atoms with Crippen molar-refractivity contribution in [2.75, 3.05) is 0 Å². The molecule has 5 nitrogen and oxygen atoms in total. The van der Waals surface area contributed by atoms with E-state index in [-0.39, 0.29) is 17.4 Å². The van der Waals surface area contributed by atoms with Crippen molar-refractivity contribution in [1.29, 1.82) is 0 Å². The van der Waals surface area contributed by atoms with Crippen LogP contribution in [-0.2, 0) is 0 Å². The molecule has 3 rings (SSSR count). The number of hydrogen-bond acceptors (Lipinski definition) is 4. The van der Waals surface area contributed by atoms with Crippen molar-refractivity contribution in [1.82, 2.24) is 4.98 Å². The van der Waals surface area contributed by atoms with E-state index in [9.17, 15) is 4.79 Å². The number of halogens is 1. The number of benzene rings is 2. The number of carboxylic acid groups (broad SMARTS) is 1. The first-order valence-electron chi connectivity index (χ1n) is 5.70. The first-order valence-corrected chi connectivity index (χ1v) is 6.49. The van der Waals surface area contributed by atoms with E-state index in [2.05, 4.69) is 20.9 Å². The molecule has 6 heteroatoms. The van der Waals surface area contributed by atoms with Crippen LogP contribution in [-0.4, -0.2) is 16.1 Å². The van der Waals surface area contributed by atoms with Crippen molar-refractivity contribution < 1.29 is 19.1 Å². The van der Waals surface area contributed by atoms with Crippen molar-refractivity contribution in [2.24, 2.45) is 0 Å². The molecule has 0 spiro atoms. The van der Waals surface area contributed by atoms with Crippen LogP contribution in [0.4, 0.5) is 0 Å². The number of para-hydroxylation sites is 2. The molecule has 1 aromatic heterocycles. The van der Waals surface area contributed by atoms with Crippen molar-refractivity contribution in [3.05, 3.63) is 52.5 Å². The van der Waals surface area contributed by atoms with Gasteiger partial charge < -0.3 is 14.3 Å². The Morgan fingerprint density at radius 2 is 2.05 bits per heavy atom. The lowest BCUT2D eigenvalue weighted by molar-refractivity contribution is 0.0693. The van der Waals surface area contributed by atoms with E-state index in [1.54, 1.807) is 24.3 Å². The summed E-state index contributed by atoms with van der Waals surface area (Å²) in [5.41, 5.74) is 1.26. The number of hydrogen-bond donors (Lipinski definition) is 1. The highest BCUT2D eigenvalue weighted by Crippen LogP contribution is 2.29. The van der Waals surface area contributed by atoms with Gasteiger partial charge in [-0.3, -0.25) is 0 Å². The van der Waals surface area contributed by atoms with Gasteiger partial charge in [0.1, 0.15) is 16.8 Å². The maximum atomic E-state index is 11.2. The first-order chi connectivity index (χ1) is 9.63. The fraction of sp³-hybridized carbons (Fsp3) is 0. The summed E-state index contributed by atoms with van der Waals surface area (Å²) < 4.78 is 11.5. The number of aromatic nitrogens is 1. The summed E-state index contributed by atoms with van der Waals surface area (Å²) in [6, 6.07) is 11.9. The molecule has 0 atom stereocenters. The number of ether oxygens (including phenoxy) is 1. The van der Waals surface area contributed by atoms with Gasteiger partial charge >= 0.3 is 12.0 Å². The predicted octanol–water partition coefficient (Wildman–Crippen LogP) is 4.08. The summed E-state index contributed by atoms with van der Waals surface area (Å²) in [6.45, 7) is 0.